The van der Waals surface area contributed by atoms with Gasteiger partial charge in [-0.3, -0.25) is 4.79 Å². The molecule has 21 heavy (non-hydrogen) atoms. The van der Waals surface area contributed by atoms with Crippen molar-refractivity contribution in [3.8, 4) is 5.69 Å². The SMILES string of the molecule is NC1(C(=O)Nc2ccccc2-n2cccn2)CCOCC1. The lowest BCUT2D eigenvalue weighted by atomic mass is 9.90. The normalized spacial score (nSPS) is 17.4. The number of carbonyl (C=O) groups excluding carboxylic acids is 1. The number of amides is 1. The molecule has 1 aromatic heterocycles. The van der Waals surface area contributed by atoms with Crippen molar-refractivity contribution >= 4 is 11.6 Å². The van der Waals surface area contributed by atoms with Crippen LogP contribution in [0.4, 0.5) is 5.69 Å². The Morgan fingerprint density at radius 1 is 1.29 bits per heavy atom. The predicted molar refractivity (Wildman–Crippen MR) is 79.2 cm³/mol. The van der Waals surface area contributed by atoms with E-state index < -0.39 is 5.54 Å². The Balaban J connectivity index is 1.83. The molecule has 0 unspecified atom stereocenters. The first-order chi connectivity index (χ1) is 10.2. The van der Waals surface area contributed by atoms with Gasteiger partial charge in [0.1, 0.15) is 5.54 Å². The van der Waals surface area contributed by atoms with E-state index in [1.807, 2.05) is 36.5 Å². The maximum absolute atomic E-state index is 12.5. The molecule has 110 valence electrons. The molecule has 1 fully saturated rings. The van der Waals surface area contributed by atoms with Gasteiger partial charge in [-0.05, 0) is 31.0 Å². The van der Waals surface area contributed by atoms with Crippen LogP contribution in [-0.4, -0.2) is 34.4 Å². The van der Waals surface area contributed by atoms with Gasteiger partial charge in [0, 0.05) is 25.6 Å². The second kappa shape index (κ2) is 5.67. The highest BCUT2D eigenvalue weighted by atomic mass is 16.5. The fourth-order valence-corrected chi connectivity index (χ4v) is 2.40. The summed E-state index contributed by atoms with van der Waals surface area (Å²) in [5.41, 5.74) is 6.85. The van der Waals surface area contributed by atoms with Crippen LogP contribution >= 0.6 is 0 Å². The maximum Gasteiger partial charge on any atom is 0.244 e. The Morgan fingerprint density at radius 3 is 2.76 bits per heavy atom. The summed E-state index contributed by atoms with van der Waals surface area (Å²) in [6.45, 7) is 1.04. The lowest BCUT2D eigenvalue weighted by Gasteiger charge is -2.32. The number of aromatic nitrogens is 2. The molecule has 1 aliphatic heterocycles. The summed E-state index contributed by atoms with van der Waals surface area (Å²) in [5.74, 6) is -0.176. The smallest absolute Gasteiger partial charge is 0.244 e. The van der Waals surface area contributed by atoms with Crippen LogP contribution in [0.15, 0.2) is 42.7 Å². The predicted octanol–water partition coefficient (Wildman–Crippen LogP) is 1.32. The van der Waals surface area contributed by atoms with E-state index in [4.69, 9.17) is 10.5 Å². The lowest BCUT2D eigenvalue weighted by molar-refractivity contribution is -0.124. The Hall–Kier alpha value is -2.18. The number of nitrogens with zero attached hydrogens (tertiary/aromatic N) is 2. The quantitative estimate of drug-likeness (QED) is 0.891. The highest BCUT2D eigenvalue weighted by Crippen LogP contribution is 2.23. The van der Waals surface area contributed by atoms with Crippen molar-refractivity contribution in [3.63, 3.8) is 0 Å². The molecule has 6 heteroatoms. The van der Waals surface area contributed by atoms with Gasteiger partial charge in [0.05, 0.1) is 11.4 Å². The molecule has 0 radical (unpaired) electrons. The first-order valence-corrected chi connectivity index (χ1v) is 6.96. The summed E-state index contributed by atoms with van der Waals surface area (Å²) in [4.78, 5) is 12.5. The molecule has 3 rings (SSSR count). The number of nitrogens with one attached hydrogen (secondary N) is 1. The van der Waals surface area contributed by atoms with Gasteiger partial charge in [-0.15, -0.1) is 0 Å². The minimum Gasteiger partial charge on any atom is -0.381 e. The number of benzene rings is 1. The van der Waals surface area contributed by atoms with Crippen LogP contribution in [-0.2, 0) is 9.53 Å². The van der Waals surface area contributed by atoms with Crippen molar-refractivity contribution in [2.75, 3.05) is 18.5 Å². The number of hydrogen-bond acceptors (Lipinski definition) is 4. The van der Waals surface area contributed by atoms with Crippen LogP contribution < -0.4 is 11.1 Å². The zero-order valence-electron chi connectivity index (χ0n) is 11.7. The van der Waals surface area contributed by atoms with E-state index in [0.29, 0.717) is 31.7 Å². The van der Waals surface area contributed by atoms with Crippen molar-refractivity contribution < 1.29 is 9.53 Å². The van der Waals surface area contributed by atoms with Gasteiger partial charge in [-0.25, -0.2) is 4.68 Å². The molecule has 0 atom stereocenters. The number of hydrogen-bond donors (Lipinski definition) is 2. The zero-order chi connectivity index (χ0) is 14.7. The molecule has 1 aliphatic rings. The molecule has 1 amide bonds. The second-order valence-electron chi connectivity index (χ2n) is 5.19. The molecule has 0 spiro atoms. The van der Waals surface area contributed by atoms with Gasteiger partial charge in [-0.1, -0.05) is 12.1 Å². The highest BCUT2D eigenvalue weighted by Gasteiger charge is 2.36. The molecule has 1 saturated heterocycles. The van der Waals surface area contributed by atoms with Crippen LogP contribution in [0, 0.1) is 0 Å². The number of nitrogens with two attached hydrogens (primary N) is 1. The summed E-state index contributed by atoms with van der Waals surface area (Å²) in [6.07, 6.45) is 4.59. The Morgan fingerprint density at radius 2 is 2.05 bits per heavy atom. The number of rotatable bonds is 3. The fourth-order valence-electron chi connectivity index (χ4n) is 2.40. The molecule has 1 aromatic carbocycles. The van der Waals surface area contributed by atoms with Crippen molar-refractivity contribution in [2.24, 2.45) is 5.73 Å². The molecule has 0 bridgehead atoms. The van der Waals surface area contributed by atoms with Crippen molar-refractivity contribution in [2.45, 2.75) is 18.4 Å². The van der Waals surface area contributed by atoms with E-state index in [2.05, 4.69) is 10.4 Å². The van der Waals surface area contributed by atoms with E-state index in [-0.39, 0.29) is 5.91 Å². The third kappa shape index (κ3) is 2.81. The van der Waals surface area contributed by atoms with Crippen LogP contribution in [0.25, 0.3) is 5.69 Å². The molecule has 0 saturated carbocycles. The summed E-state index contributed by atoms with van der Waals surface area (Å²) < 4.78 is 6.98. The van der Waals surface area contributed by atoms with Gasteiger partial charge in [0.25, 0.3) is 0 Å². The fraction of sp³-hybridized carbons (Fsp3) is 0.333. The molecule has 6 nitrogen and oxygen atoms in total. The Bertz CT molecular complexity index is 618. The summed E-state index contributed by atoms with van der Waals surface area (Å²) >= 11 is 0. The van der Waals surface area contributed by atoms with Gasteiger partial charge in [0.15, 0.2) is 0 Å². The number of carbonyl (C=O) groups is 1. The third-order valence-corrected chi connectivity index (χ3v) is 3.74. The third-order valence-electron chi connectivity index (χ3n) is 3.74. The van der Waals surface area contributed by atoms with E-state index in [0.717, 1.165) is 5.69 Å². The molecule has 3 N–H and O–H groups in total. The first-order valence-electron chi connectivity index (χ1n) is 6.96. The largest absolute Gasteiger partial charge is 0.381 e. The average molecular weight is 286 g/mol. The van der Waals surface area contributed by atoms with E-state index in [1.54, 1.807) is 10.9 Å². The van der Waals surface area contributed by atoms with Gasteiger partial charge < -0.3 is 15.8 Å². The average Bonchev–Trinajstić information content (AvgIpc) is 3.02. The maximum atomic E-state index is 12.5. The zero-order valence-corrected chi connectivity index (χ0v) is 11.7. The van der Waals surface area contributed by atoms with E-state index in [1.165, 1.54) is 0 Å². The van der Waals surface area contributed by atoms with Crippen molar-refractivity contribution in [1.29, 1.82) is 0 Å². The minimum absolute atomic E-state index is 0.176. The summed E-state index contributed by atoms with van der Waals surface area (Å²) in [5, 5.41) is 7.13. The summed E-state index contributed by atoms with van der Waals surface area (Å²) in [7, 11) is 0. The Kier molecular flexibility index (Phi) is 3.72. The van der Waals surface area contributed by atoms with Crippen LogP contribution in [0.5, 0.6) is 0 Å². The van der Waals surface area contributed by atoms with E-state index in [9.17, 15) is 4.79 Å². The standard InChI is InChI=1S/C15H18N4O2/c16-15(6-10-21-11-7-15)14(20)18-12-4-1-2-5-13(12)19-9-3-8-17-19/h1-5,8-9H,6-7,10-11,16H2,(H,18,20). The number of ether oxygens (including phenoxy) is 1. The number of anilines is 1. The van der Waals surface area contributed by atoms with Crippen molar-refractivity contribution in [1.82, 2.24) is 9.78 Å². The summed E-state index contributed by atoms with van der Waals surface area (Å²) in [6, 6.07) is 9.35. The minimum atomic E-state index is -0.866. The highest BCUT2D eigenvalue weighted by molar-refractivity contribution is 5.99. The Labute approximate surface area is 122 Å². The van der Waals surface area contributed by atoms with E-state index >= 15 is 0 Å². The lowest BCUT2D eigenvalue weighted by Crippen LogP contribution is -2.54. The van der Waals surface area contributed by atoms with Gasteiger partial charge in [0.2, 0.25) is 5.91 Å². The number of para-hydroxylation sites is 2. The first kappa shape index (κ1) is 13.8. The molecular weight excluding hydrogens is 268 g/mol. The van der Waals surface area contributed by atoms with Crippen LogP contribution in [0.3, 0.4) is 0 Å². The molecular formula is C15H18N4O2. The van der Waals surface area contributed by atoms with Crippen molar-refractivity contribution in [3.05, 3.63) is 42.7 Å². The monoisotopic (exact) mass is 286 g/mol. The molecule has 2 heterocycles. The molecule has 2 aromatic rings. The van der Waals surface area contributed by atoms with Gasteiger partial charge >= 0.3 is 0 Å². The molecule has 0 aliphatic carbocycles. The van der Waals surface area contributed by atoms with Gasteiger partial charge in [-0.2, -0.15) is 5.10 Å². The topological polar surface area (TPSA) is 82.2 Å². The second-order valence-corrected chi connectivity index (χ2v) is 5.19. The van der Waals surface area contributed by atoms with Crippen LogP contribution in [0.2, 0.25) is 0 Å². The van der Waals surface area contributed by atoms with Crippen LogP contribution in [0.1, 0.15) is 12.8 Å².